The van der Waals surface area contributed by atoms with Crippen molar-refractivity contribution in [2.24, 2.45) is 5.92 Å². The second-order valence-electron chi connectivity index (χ2n) is 5.01. The summed E-state index contributed by atoms with van der Waals surface area (Å²) in [4.78, 5) is 0. The highest BCUT2D eigenvalue weighted by molar-refractivity contribution is 9.10. The molecule has 1 atom stereocenters. The Hall–Kier alpha value is -0.410. The third-order valence-corrected chi connectivity index (χ3v) is 3.17. The van der Waals surface area contributed by atoms with Crippen LogP contribution in [0.15, 0.2) is 22.7 Å². The molecule has 0 saturated heterocycles. The van der Waals surface area contributed by atoms with E-state index < -0.39 is 5.60 Å². The van der Waals surface area contributed by atoms with E-state index in [1.165, 1.54) is 12.1 Å². The zero-order chi connectivity index (χ0) is 12.3. The van der Waals surface area contributed by atoms with Crippen molar-refractivity contribution in [3.05, 3.63) is 34.1 Å². The topological polar surface area (TPSA) is 20.2 Å². The van der Waals surface area contributed by atoms with Gasteiger partial charge in [0.05, 0.1) is 5.60 Å². The lowest BCUT2D eigenvalue weighted by Crippen LogP contribution is -2.29. The molecule has 1 rings (SSSR count). The summed E-state index contributed by atoms with van der Waals surface area (Å²) in [6.07, 6.45) is 1.27. The Labute approximate surface area is 105 Å². The summed E-state index contributed by atoms with van der Waals surface area (Å²) in [5, 5.41) is 10.2. The Bertz CT molecular complexity index is 361. The van der Waals surface area contributed by atoms with Crippen molar-refractivity contribution in [2.75, 3.05) is 0 Å². The highest BCUT2D eigenvalue weighted by Crippen LogP contribution is 2.26. The van der Waals surface area contributed by atoms with Gasteiger partial charge in [-0.15, -0.1) is 0 Å². The normalized spacial score (nSPS) is 15.2. The standard InChI is InChI=1S/C13H18BrFO/c1-9(2)7-13(3,16)8-10-4-5-11(15)6-12(10)14/h4-6,9,16H,7-8H2,1-3H3. The smallest absolute Gasteiger partial charge is 0.124 e. The maximum Gasteiger partial charge on any atom is 0.124 e. The first-order chi connectivity index (χ1) is 7.30. The molecule has 0 bridgehead atoms. The van der Waals surface area contributed by atoms with Crippen LogP contribution >= 0.6 is 15.9 Å². The fraction of sp³-hybridized carbons (Fsp3) is 0.538. The number of aliphatic hydroxyl groups is 1. The van der Waals surface area contributed by atoms with Gasteiger partial charge < -0.3 is 5.11 Å². The average Bonchev–Trinajstić information content (AvgIpc) is 2.07. The van der Waals surface area contributed by atoms with Crippen molar-refractivity contribution in [3.8, 4) is 0 Å². The van der Waals surface area contributed by atoms with Crippen molar-refractivity contribution >= 4 is 15.9 Å². The van der Waals surface area contributed by atoms with Gasteiger partial charge in [-0.3, -0.25) is 0 Å². The summed E-state index contributed by atoms with van der Waals surface area (Å²) < 4.78 is 13.6. The van der Waals surface area contributed by atoms with Crippen LogP contribution in [-0.2, 0) is 6.42 Å². The van der Waals surface area contributed by atoms with Gasteiger partial charge in [-0.1, -0.05) is 35.8 Å². The van der Waals surface area contributed by atoms with Crippen LogP contribution in [-0.4, -0.2) is 10.7 Å². The monoisotopic (exact) mass is 288 g/mol. The van der Waals surface area contributed by atoms with Crippen LogP contribution in [0.5, 0.6) is 0 Å². The SMILES string of the molecule is CC(C)CC(C)(O)Cc1ccc(F)cc1Br. The molecule has 0 fully saturated rings. The van der Waals surface area contributed by atoms with Crippen LogP contribution in [0.3, 0.4) is 0 Å². The Balaban J connectivity index is 2.79. The Morgan fingerprint density at radius 3 is 2.56 bits per heavy atom. The molecule has 0 aliphatic carbocycles. The van der Waals surface area contributed by atoms with Crippen LogP contribution in [0.2, 0.25) is 0 Å². The fourth-order valence-electron chi connectivity index (χ4n) is 2.03. The van der Waals surface area contributed by atoms with Gasteiger partial charge in [0.2, 0.25) is 0 Å². The molecule has 0 aliphatic heterocycles. The zero-order valence-corrected chi connectivity index (χ0v) is 11.5. The van der Waals surface area contributed by atoms with Crippen LogP contribution in [0.1, 0.15) is 32.8 Å². The van der Waals surface area contributed by atoms with Crippen molar-refractivity contribution < 1.29 is 9.50 Å². The van der Waals surface area contributed by atoms with Crippen molar-refractivity contribution in [2.45, 2.75) is 39.2 Å². The number of hydrogen-bond donors (Lipinski definition) is 1. The van der Waals surface area contributed by atoms with Gasteiger partial charge in [-0.2, -0.15) is 0 Å². The van der Waals surface area contributed by atoms with E-state index in [-0.39, 0.29) is 5.82 Å². The molecule has 0 aromatic heterocycles. The Morgan fingerprint density at radius 2 is 2.06 bits per heavy atom. The fourth-order valence-corrected chi connectivity index (χ4v) is 2.52. The van der Waals surface area contributed by atoms with Crippen molar-refractivity contribution in [1.29, 1.82) is 0 Å². The summed E-state index contributed by atoms with van der Waals surface area (Å²) >= 11 is 3.31. The van der Waals surface area contributed by atoms with E-state index in [4.69, 9.17) is 0 Å². The minimum atomic E-state index is -0.742. The van der Waals surface area contributed by atoms with Crippen molar-refractivity contribution in [3.63, 3.8) is 0 Å². The highest BCUT2D eigenvalue weighted by Gasteiger charge is 2.23. The first kappa shape index (κ1) is 13.7. The first-order valence-electron chi connectivity index (χ1n) is 5.46. The molecule has 3 heteroatoms. The molecule has 1 unspecified atom stereocenters. The molecule has 0 saturated carbocycles. The van der Waals surface area contributed by atoms with Crippen LogP contribution in [0.25, 0.3) is 0 Å². The summed E-state index contributed by atoms with van der Waals surface area (Å²) in [6.45, 7) is 5.98. The second-order valence-corrected chi connectivity index (χ2v) is 5.86. The Kier molecular flexibility index (Phi) is 4.51. The van der Waals surface area contributed by atoms with Crippen LogP contribution in [0, 0.1) is 11.7 Å². The second kappa shape index (κ2) is 5.28. The van der Waals surface area contributed by atoms with Crippen molar-refractivity contribution in [1.82, 2.24) is 0 Å². The van der Waals surface area contributed by atoms with Crippen LogP contribution < -0.4 is 0 Å². The lowest BCUT2D eigenvalue weighted by Gasteiger charge is -2.25. The molecule has 1 nitrogen and oxygen atoms in total. The molecule has 90 valence electrons. The maximum absolute atomic E-state index is 12.9. The molecule has 0 spiro atoms. The number of rotatable bonds is 4. The average molecular weight is 289 g/mol. The van der Waals surface area contributed by atoms with E-state index in [9.17, 15) is 9.50 Å². The van der Waals surface area contributed by atoms with E-state index in [1.54, 1.807) is 6.07 Å². The van der Waals surface area contributed by atoms with Gasteiger partial charge in [-0.25, -0.2) is 4.39 Å². The third-order valence-electron chi connectivity index (χ3n) is 2.43. The molecule has 0 heterocycles. The molecule has 0 amide bonds. The van der Waals surface area contributed by atoms with Crippen LogP contribution in [0.4, 0.5) is 4.39 Å². The lowest BCUT2D eigenvalue weighted by atomic mass is 9.88. The number of halogens is 2. The molecule has 1 aromatic carbocycles. The summed E-state index contributed by atoms with van der Waals surface area (Å²) in [7, 11) is 0. The van der Waals surface area contributed by atoms with E-state index in [2.05, 4.69) is 29.8 Å². The quantitative estimate of drug-likeness (QED) is 0.890. The number of benzene rings is 1. The molecule has 1 aromatic rings. The first-order valence-corrected chi connectivity index (χ1v) is 6.26. The highest BCUT2D eigenvalue weighted by atomic mass is 79.9. The van der Waals surface area contributed by atoms with Gasteiger partial charge >= 0.3 is 0 Å². The summed E-state index contributed by atoms with van der Waals surface area (Å²) in [6, 6.07) is 4.57. The molecule has 0 radical (unpaired) electrons. The van der Waals surface area contributed by atoms with E-state index in [0.29, 0.717) is 12.3 Å². The van der Waals surface area contributed by atoms with Gasteiger partial charge in [0.1, 0.15) is 5.82 Å². The maximum atomic E-state index is 12.9. The van der Waals surface area contributed by atoms with E-state index >= 15 is 0 Å². The molecule has 0 aliphatic rings. The predicted molar refractivity (Wildman–Crippen MR) is 67.9 cm³/mol. The largest absolute Gasteiger partial charge is 0.390 e. The Morgan fingerprint density at radius 1 is 1.44 bits per heavy atom. The summed E-state index contributed by atoms with van der Waals surface area (Å²) in [5.41, 5.74) is 0.196. The zero-order valence-electron chi connectivity index (χ0n) is 9.93. The number of hydrogen-bond acceptors (Lipinski definition) is 1. The van der Waals surface area contributed by atoms with E-state index in [0.717, 1.165) is 16.5 Å². The van der Waals surface area contributed by atoms with E-state index in [1.807, 2.05) is 6.92 Å². The third kappa shape index (κ3) is 4.22. The predicted octanol–water partition coefficient (Wildman–Crippen LogP) is 3.93. The van der Waals surface area contributed by atoms with Gasteiger partial charge in [0.15, 0.2) is 0 Å². The lowest BCUT2D eigenvalue weighted by molar-refractivity contribution is 0.0386. The molecular weight excluding hydrogens is 271 g/mol. The minimum Gasteiger partial charge on any atom is -0.390 e. The van der Waals surface area contributed by atoms with Gasteiger partial charge in [0.25, 0.3) is 0 Å². The molecule has 1 N–H and O–H groups in total. The minimum absolute atomic E-state index is 0.265. The summed E-state index contributed by atoms with van der Waals surface area (Å²) in [5.74, 6) is 0.174. The molecular formula is C13H18BrFO. The van der Waals surface area contributed by atoms with Gasteiger partial charge in [-0.05, 0) is 37.0 Å². The molecule has 16 heavy (non-hydrogen) atoms. The van der Waals surface area contributed by atoms with Gasteiger partial charge in [0, 0.05) is 10.9 Å².